The van der Waals surface area contributed by atoms with Gasteiger partial charge in [-0.3, -0.25) is 14.2 Å². The zero-order valence-corrected chi connectivity index (χ0v) is 17.3. The Balaban J connectivity index is 1.63. The number of benzene rings is 2. The molecule has 0 spiro atoms. The molecule has 0 saturated heterocycles. The van der Waals surface area contributed by atoms with Gasteiger partial charge in [-0.05, 0) is 68.1 Å². The van der Waals surface area contributed by atoms with Crippen molar-refractivity contribution in [3.63, 3.8) is 0 Å². The molecule has 0 aliphatic rings. The van der Waals surface area contributed by atoms with Crippen molar-refractivity contribution in [3.05, 3.63) is 75.3 Å². The van der Waals surface area contributed by atoms with Gasteiger partial charge in [-0.2, -0.15) is 4.68 Å². The highest BCUT2D eigenvalue weighted by atomic mass is 16.2. The largest absolute Gasteiger partial charge is 0.324 e. The second kappa shape index (κ2) is 7.55. The Morgan fingerprint density at radius 2 is 1.83 bits per heavy atom. The first-order chi connectivity index (χ1) is 14.3. The lowest BCUT2D eigenvalue weighted by atomic mass is 10.1. The Labute approximate surface area is 173 Å². The molecule has 0 radical (unpaired) electrons. The predicted octanol–water partition coefficient (Wildman–Crippen LogP) is 2.85. The number of nitrogens with zero attached hydrogens (tertiary/aromatic N) is 5. The molecule has 0 aliphatic carbocycles. The topological polar surface area (TPSA) is 94.7 Å². The van der Waals surface area contributed by atoms with E-state index in [1.807, 2.05) is 64.1 Å². The van der Waals surface area contributed by atoms with Crippen molar-refractivity contribution in [1.29, 1.82) is 0 Å². The van der Waals surface area contributed by atoms with Gasteiger partial charge in [0.25, 0.3) is 5.56 Å². The van der Waals surface area contributed by atoms with Gasteiger partial charge in [-0.1, -0.05) is 23.4 Å². The van der Waals surface area contributed by atoms with Crippen molar-refractivity contribution in [2.45, 2.75) is 34.2 Å². The first-order valence-electron chi connectivity index (χ1n) is 9.59. The lowest BCUT2D eigenvalue weighted by molar-refractivity contribution is -0.116. The highest BCUT2D eigenvalue weighted by Gasteiger charge is 2.15. The third-order valence-electron chi connectivity index (χ3n) is 5.36. The van der Waals surface area contributed by atoms with Crippen LogP contribution in [0.3, 0.4) is 0 Å². The molecule has 2 aromatic heterocycles. The van der Waals surface area contributed by atoms with Gasteiger partial charge in [0.1, 0.15) is 12.9 Å². The molecule has 0 atom stereocenters. The normalized spacial score (nSPS) is 11.1. The van der Waals surface area contributed by atoms with Crippen molar-refractivity contribution < 1.29 is 4.79 Å². The SMILES string of the molecule is Cc1ccc(-n2nnc3c(=O)n(CC(=O)Nc4cccc(C)c4C)cnc32)cc1C. The van der Waals surface area contributed by atoms with E-state index in [4.69, 9.17) is 0 Å². The monoisotopic (exact) mass is 402 g/mol. The summed E-state index contributed by atoms with van der Waals surface area (Å²) in [6, 6.07) is 11.5. The average Bonchev–Trinajstić information content (AvgIpc) is 3.15. The predicted molar refractivity (Wildman–Crippen MR) is 115 cm³/mol. The molecule has 1 amide bonds. The van der Waals surface area contributed by atoms with Crippen LogP contribution in [0, 0.1) is 27.7 Å². The number of amides is 1. The summed E-state index contributed by atoms with van der Waals surface area (Å²) in [5.74, 6) is -0.312. The number of hydrogen-bond donors (Lipinski definition) is 1. The Morgan fingerprint density at radius 1 is 1.03 bits per heavy atom. The zero-order chi connectivity index (χ0) is 21.4. The summed E-state index contributed by atoms with van der Waals surface area (Å²) < 4.78 is 2.77. The molecule has 4 rings (SSSR count). The minimum absolute atomic E-state index is 0.121. The van der Waals surface area contributed by atoms with Crippen LogP contribution >= 0.6 is 0 Å². The summed E-state index contributed by atoms with van der Waals surface area (Å²) in [5.41, 5.74) is 5.90. The van der Waals surface area contributed by atoms with Crippen molar-refractivity contribution in [2.75, 3.05) is 5.32 Å². The number of hydrogen-bond acceptors (Lipinski definition) is 5. The second-order valence-corrected chi connectivity index (χ2v) is 7.42. The van der Waals surface area contributed by atoms with Crippen LogP contribution in [-0.4, -0.2) is 30.5 Å². The maximum absolute atomic E-state index is 12.8. The van der Waals surface area contributed by atoms with Gasteiger partial charge >= 0.3 is 0 Å². The fourth-order valence-electron chi connectivity index (χ4n) is 3.22. The maximum Gasteiger partial charge on any atom is 0.284 e. The molecule has 0 saturated carbocycles. The second-order valence-electron chi connectivity index (χ2n) is 7.42. The number of aryl methyl sites for hydroxylation is 3. The van der Waals surface area contributed by atoms with Gasteiger partial charge in [0.2, 0.25) is 5.91 Å². The van der Waals surface area contributed by atoms with Crippen LogP contribution in [0.4, 0.5) is 5.69 Å². The lowest BCUT2D eigenvalue weighted by Crippen LogP contribution is -2.28. The Bertz CT molecular complexity index is 1340. The Morgan fingerprint density at radius 3 is 2.60 bits per heavy atom. The molecule has 4 aromatic rings. The van der Waals surface area contributed by atoms with Crippen LogP contribution in [0.15, 0.2) is 47.5 Å². The van der Waals surface area contributed by atoms with Gasteiger partial charge < -0.3 is 5.32 Å². The molecule has 0 unspecified atom stereocenters. The lowest BCUT2D eigenvalue weighted by Gasteiger charge is -2.11. The number of fused-ring (bicyclic) bond motifs is 1. The number of carbonyl (C=O) groups excluding carboxylic acids is 1. The summed E-state index contributed by atoms with van der Waals surface area (Å²) in [5, 5.41) is 11.0. The van der Waals surface area contributed by atoms with Crippen LogP contribution in [-0.2, 0) is 11.3 Å². The first-order valence-corrected chi connectivity index (χ1v) is 9.59. The van der Waals surface area contributed by atoms with Crippen molar-refractivity contribution in [2.24, 2.45) is 0 Å². The smallest absolute Gasteiger partial charge is 0.284 e. The number of anilines is 1. The summed E-state index contributed by atoms with van der Waals surface area (Å²) in [6.07, 6.45) is 1.36. The molecular formula is C22H22N6O2. The highest BCUT2D eigenvalue weighted by Crippen LogP contribution is 2.18. The third-order valence-corrected chi connectivity index (χ3v) is 5.36. The van der Waals surface area contributed by atoms with Crippen LogP contribution in [0.5, 0.6) is 0 Å². The quantitative estimate of drug-likeness (QED) is 0.566. The van der Waals surface area contributed by atoms with Crippen LogP contribution in [0.2, 0.25) is 0 Å². The maximum atomic E-state index is 12.8. The van der Waals surface area contributed by atoms with E-state index in [2.05, 4.69) is 20.6 Å². The summed E-state index contributed by atoms with van der Waals surface area (Å²) >= 11 is 0. The molecule has 0 bridgehead atoms. The molecular weight excluding hydrogens is 380 g/mol. The third kappa shape index (κ3) is 3.47. The number of rotatable bonds is 4. The summed E-state index contributed by atoms with van der Waals surface area (Å²) in [6.45, 7) is 7.79. The van der Waals surface area contributed by atoms with Crippen LogP contribution < -0.4 is 10.9 Å². The number of aromatic nitrogens is 5. The average molecular weight is 402 g/mol. The van der Waals surface area contributed by atoms with Gasteiger partial charge in [0.05, 0.1) is 5.69 Å². The Kier molecular flexibility index (Phi) is 4.91. The van der Waals surface area contributed by atoms with Gasteiger partial charge in [0.15, 0.2) is 11.2 Å². The van der Waals surface area contributed by atoms with Crippen molar-refractivity contribution >= 4 is 22.8 Å². The molecule has 2 heterocycles. The zero-order valence-electron chi connectivity index (χ0n) is 17.3. The van der Waals surface area contributed by atoms with E-state index in [-0.39, 0.29) is 18.0 Å². The molecule has 1 N–H and O–H groups in total. The first kappa shape index (κ1) is 19.5. The van der Waals surface area contributed by atoms with Crippen LogP contribution in [0.1, 0.15) is 22.3 Å². The van der Waals surface area contributed by atoms with E-state index in [0.717, 1.165) is 33.6 Å². The van der Waals surface area contributed by atoms with E-state index < -0.39 is 5.56 Å². The van der Waals surface area contributed by atoms with Gasteiger partial charge in [-0.15, -0.1) is 5.10 Å². The van der Waals surface area contributed by atoms with Gasteiger partial charge in [-0.25, -0.2) is 4.98 Å². The van der Waals surface area contributed by atoms with E-state index >= 15 is 0 Å². The minimum Gasteiger partial charge on any atom is -0.324 e. The highest BCUT2D eigenvalue weighted by molar-refractivity contribution is 5.91. The molecule has 2 aromatic carbocycles. The van der Waals surface area contributed by atoms with Gasteiger partial charge in [0, 0.05) is 5.69 Å². The standard InChI is InChI=1S/C22H22N6O2/c1-13-8-9-17(10-15(13)3)28-21-20(25-26-28)22(30)27(12-23-21)11-19(29)24-18-7-5-6-14(2)16(18)4/h5-10,12H,11H2,1-4H3,(H,24,29). The molecule has 0 aliphatic heterocycles. The van der Waals surface area contributed by atoms with E-state index in [9.17, 15) is 9.59 Å². The van der Waals surface area contributed by atoms with Crippen molar-refractivity contribution in [1.82, 2.24) is 24.5 Å². The fourth-order valence-corrected chi connectivity index (χ4v) is 3.22. The number of nitrogens with one attached hydrogen (secondary N) is 1. The summed E-state index contributed by atoms with van der Waals surface area (Å²) in [4.78, 5) is 29.7. The van der Waals surface area contributed by atoms with Crippen LogP contribution in [0.25, 0.3) is 16.9 Å². The Hall–Kier alpha value is -3.81. The van der Waals surface area contributed by atoms with E-state index in [1.54, 1.807) is 0 Å². The van der Waals surface area contributed by atoms with E-state index in [1.165, 1.54) is 15.6 Å². The van der Waals surface area contributed by atoms with Crippen molar-refractivity contribution in [3.8, 4) is 5.69 Å². The summed E-state index contributed by atoms with van der Waals surface area (Å²) in [7, 11) is 0. The molecule has 30 heavy (non-hydrogen) atoms. The minimum atomic E-state index is -0.411. The molecule has 8 nitrogen and oxygen atoms in total. The molecule has 8 heteroatoms. The fraction of sp³-hybridized carbons (Fsp3) is 0.227. The number of carbonyl (C=O) groups is 1. The van der Waals surface area contributed by atoms with E-state index in [0.29, 0.717) is 5.65 Å². The molecule has 0 fully saturated rings. The molecule has 152 valence electrons.